The number of guanidine groups is 1. The van der Waals surface area contributed by atoms with Gasteiger partial charge in [-0.05, 0) is 57.1 Å². The average molecular weight is 422 g/mol. The summed E-state index contributed by atoms with van der Waals surface area (Å²) in [4.78, 5) is 9.20. The fourth-order valence-corrected chi connectivity index (χ4v) is 3.92. The van der Waals surface area contributed by atoms with E-state index in [-0.39, 0.29) is 11.9 Å². The SMILES string of the molecule is CCN(CC)CCCC(C)NC(=NC)NCC(c1cccc(F)c1)N1CCOCC1. The molecule has 1 aliphatic rings. The molecule has 6 nitrogen and oxygen atoms in total. The van der Waals surface area contributed by atoms with Gasteiger partial charge in [0.2, 0.25) is 0 Å². The van der Waals surface area contributed by atoms with Crippen molar-refractivity contribution in [2.75, 3.05) is 59.5 Å². The largest absolute Gasteiger partial charge is 0.379 e. The Kier molecular flexibility index (Phi) is 11.1. The first-order valence-electron chi connectivity index (χ1n) is 11.3. The van der Waals surface area contributed by atoms with Gasteiger partial charge in [-0.2, -0.15) is 0 Å². The molecule has 0 bridgehead atoms. The molecular weight excluding hydrogens is 381 g/mol. The molecule has 0 aliphatic carbocycles. The van der Waals surface area contributed by atoms with Gasteiger partial charge in [-0.25, -0.2) is 4.39 Å². The van der Waals surface area contributed by atoms with E-state index >= 15 is 0 Å². The molecule has 1 aliphatic heterocycles. The minimum absolute atomic E-state index is 0.0705. The molecule has 1 fully saturated rings. The summed E-state index contributed by atoms with van der Waals surface area (Å²) in [6.45, 7) is 13.7. The van der Waals surface area contributed by atoms with Crippen LogP contribution in [0.5, 0.6) is 0 Å². The zero-order valence-electron chi connectivity index (χ0n) is 19.2. The number of hydrogen-bond acceptors (Lipinski definition) is 4. The van der Waals surface area contributed by atoms with Crippen molar-refractivity contribution in [1.29, 1.82) is 0 Å². The molecule has 0 spiro atoms. The van der Waals surface area contributed by atoms with Crippen LogP contribution in [0.15, 0.2) is 29.3 Å². The number of ether oxygens (including phenoxy) is 1. The van der Waals surface area contributed by atoms with Crippen molar-refractivity contribution >= 4 is 5.96 Å². The molecular formula is C23H40FN5O. The summed E-state index contributed by atoms with van der Waals surface area (Å²) in [6.07, 6.45) is 2.25. The molecule has 30 heavy (non-hydrogen) atoms. The van der Waals surface area contributed by atoms with Gasteiger partial charge in [0.15, 0.2) is 5.96 Å². The summed E-state index contributed by atoms with van der Waals surface area (Å²) in [7, 11) is 1.80. The molecule has 7 heteroatoms. The van der Waals surface area contributed by atoms with Crippen molar-refractivity contribution in [3.8, 4) is 0 Å². The Morgan fingerprint density at radius 2 is 2.00 bits per heavy atom. The number of nitrogens with one attached hydrogen (secondary N) is 2. The molecule has 2 rings (SSSR count). The molecule has 1 aromatic rings. The van der Waals surface area contributed by atoms with Gasteiger partial charge in [0.1, 0.15) is 5.82 Å². The molecule has 0 aromatic heterocycles. The summed E-state index contributed by atoms with van der Waals surface area (Å²) in [5.74, 6) is 0.593. The Labute approximate surface area is 181 Å². The van der Waals surface area contributed by atoms with Crippen LogP contribution in [0.3, 0.4) is 0 Å². The maximum Gasteiger partial charge on any atom is 0.191 e. The first kappa shape index (κ1) is 24.6. The summed E-state index contributed by atoms with van der Waals surface area (Å²) in [5.41, 5.74) is 0.979. The van der Waals surface area contributed by atoms with Crippen LogP contribution in [0.1, 0.15) is 45.2 Å². The Balaban J connectivity index is 1.90. The first-order valence-corrected chi connectivity index (χ1v) is 11.3. The van der Waals surface area contributed by atoms with E-state index in [4.69, 9.17) is 4.74 Å². The van der Waals surface area contributed by atoms with Crippen molar-refractivity contribution < 1.29 is 9.13 Å². The van der Waals surface area contributed by atoms with E-state index < -0.39 is 0 Å². The smallest absolute Gasteiger partial charge is 0.191 e. The van der Waals surface area contributed by atoms with Gasteiger partial charge in [-0.1, -0.05) is 26.0 Å². The van der Waals surface area contributed by atoms with E-state index in [0.717, 1.165) is 57.1 Å². The molecule has 2 atom stereocenters. The number of nitrogens with zero attached hydrogens (tertiary/aromatic N) is 3. The highest BCUT2D eigenvalue weighted by Gasteiger charge is 2.23. The maximum atomic E-state index is 13.9. The number of benzene rings is 1. The molecule has 0 saturated carbocycles. The van der Waals surface area contributed by atoms with Gasteiger partial charge in [0.25, 0.3) is 0 Å². The molecule has 2 N–H and O–H groups in total. The third-order valence-electron chi connectivity index (χ3n) is 5.80. The number of aliphatic imine (C=N–C) groups is 1. The second-order valence-electron chi connectivity index (χ2n) is 7.89. The summed E-state index contributed by atoms with van der Waals surface area (Å²) >= 11 is 0. The van der Waals surface area contributed by atoms with Crippen LogP contribution in [-0.4, -0.2) is 81.3 Å². The number of morpholine rings is 1. The van der Waals surface area contributed by atoms with Gasteiger partial charge in [-0.15, -0.1) is 0 Å². The highest BCUT2D eigenvalue weighted by molar-refractivity contribution is 5.79. The zero-order valence-corrected chi connectivity index (χ0v) is 19.2. The van der Waals surface area contributed by atoms with E-state index in [0.29, 0.717) is 25.8 Å². The average Bonchev–Trinajstić information content (AvgIpc) is 2.77. The van der Waals surface area contributed by atoms with Crippen LogP contribution in [0.2, 0.25) is 0 Å². The monoisotopic (exact) mass is 421 g/mol. The second kappa shape index (κ2) is 13.6. The van der Waals surface area contributed by atoms with Crippen molar-refractivity contribution in [2.45, 2.75) is 45.7 Å². The van der Waals surface area contributed by atoms with Gasteiger partial charge in [0.05, 0.1) is 19.3 Å². The fraction of sp³-hybridized carbons (Fsp3) is 0.696. The standard InChI is InChI=1S/C23H40FN5O/c1-5-28(6-2)12-8-9-19(3)27-23(25-4)26-18-22(29-13-15-30-16-14-29)20-10-7-11-21(24)17-20/h7,10-11,17,19,22H,5-6,8-9,12-16,18H2,1-4H3,(H2,25,26,27). The highest BCUT2D eigenvalue weighted by Crippen LogP contribution is 2.22. The number of halogens is 1. The van der Waals surface area contributed by atoms with Gasteiger partial charge >= 0.3 is 0 Å². The fourth-order valence-electron chi connectivity index (χ4n) is 3.92. The molecule has 2 unspecified atom stereocenters. The highest BCUT2D eigenvalue weighted by atomic mass is 19.1. The Hall–Kier alpha value is -1.70. The van der Waals surface area contributed by atoms with E-state index in [1.807, 2.05) is 6.07 Å². The zero-order chi connectivity index (χ0) is 21.8. The minimum atomic E-state index is -0.199. The first-order chi connectivity index (χ1) is 14.6. The lowest BCUT2D eigenvalue weighted by molar-refractivity contribution is 0.0169. The summed E-state index contributed by atoms with van der Waals surface area (Å²) < 4.78 is 19.4. The number of rotatable bonds is 11. The molecule has 170 valence electrons. The topological polar surface area (TPSA) is 52.1 Å². The van der Waals surface area contributed by atoms with Crippen molar-refractivity contribution in [3.05, 3.63) is 35.6 Å². The second-order valence-corrected chi connectivity index (χ2v) is 7.89. The predicted octanol–water partition coefficient (Wildman–Crippen LogP) is 2.87. The van der Waals surface area contributed by atoms with Crippen molar-refractivity contribution in [2.24, 2.45) is 4.99 Å². The predicted molar refractivity (Wildman–Crippen MR) is 123 cm³/mol. The van der Waals surface area contributed by atoms with Crippen LogP contribution in [-0.2, 0) is 4.74 Å². The molecule has 0 radical (unpaired) electrons. The van der Waals surface area contributed by atoms with Gasteiger partial charge in [-0.3, -0.25) is 9.89 Å². The lowest BCUT2D eigenvalue weighted by atomic mass is 10.0. The molecule has 1 aromatic carbocycles. The Bertz CT molecular complexity index is 632. The Morgan fingerprint density at radius 1 is 1.27 bits per heavy atom. The summed E-state index contributed by atoms with van der Waals surface area (Å²) in [6, 6.07) is 7.31. The van der Waals surface area contributed by atoms with E-state index in [9.17, 15) is 4.39 Å². The van der Waals surface area contributed by atoms with Gasteiger partial charge in [0, 0.05) is 32.7 Å². The van der Waals surface area contributed by atoms with Crippen LogP contribution in [0.25, 0.3) is 0 Å². The van der Waals surface area contributed by atoms with Crippen LogP contribution in [0.4, 0.5) is 4.39 Å². The van der Waals surface area contributed by atoms with Crippen molar-refractivity contribution in [3.63, 3.8) is 0 Å². The van der Waals surface area contributed by atoms with E-state index in [1.165, 1.54) is 6.07 Å². The van der Waals surface area contributed by atoms with Crippen molar-refractivity contribution in [1.82, 2.24) is 20.4 Å². The minimum Gasteiger partial charge on any atom is -0.379 e. The number of hydrogen-bond donors (Lipinski definition) is 2. The third kappa shape index (κ3) is 8.20. The van der Waals surface area contributed by atoms with E-state index in [1.54, 1.807) is 19.2 Å². The maximum absolute atomic E-state index is 13.9. The quantitative estimate of drug-likeness (QED) is 0.425. The normalized spacial score (nSPS) is 17.7. The lowest BCUT2D eigenvalue weighted by Gasteiger charge is -2.35. The summed E-state index contributed by atoms with van der Waals surface area (Å²) in [5, 5.41) is 6.96. The van der Waals surface area contributed by atoms with Gasteiger partial charge < -0.3 is 20.3 Å². The van der Waals surface area contributed by atoms with Crippen LogP contribution >= 0.6 is 0 Å². The van der Waals surface area contributed by atoms with Crippen LogP contribution < -0.4 is 10.6 Å². The lowest BCUT2D eigenvalue weighted by Crippen LogP contribution is -2.48. The molecule has 1 saturated heterocycles. The van der Waals surface area contributed by atoms with E-state index in [2.05, 4.69) is 46.2 Å². The molecule has 1 heterocycles. The van der Waals surface area contributed by atoms with Crippen LogP contribution in [0, 0.1) is 5.82 Å². The molecule has 0 amide bonds. The third-order valence-corrected chi connectivity index (χ3v) is 5.80. The Morgan fingerprint density at radius 3 is 2.63 bits per heavy atom.